The van der Waals surface area contributed by atoms with E-state index >= 15 is 0 Å². The van der Waals surface area contributed by atoms with E-state index in [0.29, 0.717) is 6.61 Å². The van der Waals surface area contributed by atoms with Gasteiger partial charge < -0.3 is 19.7 Å². The van der Waals surface area contributed by atoms with Gasteiger partial charge in [0.2, 0.25) is 0 Å². The van der Waals surface area contributed by atoms with Gasteiger partial charge in [-0.05, 0) is 30.5 Å². The minimum absolute atomic E-state index is 0.0327. The average Bonchev–Trinajstić information content (AvgIpc) is 3.15. The van der Waals surface area contributed by atoms with E-state index in [2.05, 4.69) is 32.4 Å². The largest absolute Gasteiger partial charge is 0.497 e. The lowest BCUT2D eigenvalue weighted by Crippen LogP contribution is -2.48. The smallest absolute Gasteiger partial charge is 0.193 e. The van der Waals surface area contributed by atoms with Crippen LogP contribution in [0, 0.1) is 0 Å². The zero-order valence-corrected chi connectivity index (χ0v) is 16.4. The molecule has 2 aromatic rings. The van der Waals surface area contributed by atoms with E-state index in [1.807, 2.05) is 43.3 Å². The van der Waals surface area contributed by atoms with Crippen molar-refractivity contribution in [3.63, 3.8) is 0 Å². The molecule has 7 heteroatoms. The van der Waals surface area contributed by atoms with Crippen molar-refractivity contribution < 1.29 is 9.47 Å². The summed E-state index contributed by atoms with van der Waals surface area (Å²) in [4.78, 5) is 6.71. The molecule has 7 nitrogen and oxygen atoms in total. The number of methoxy groups -OCH3 is 1. The summed E-state index contributed by atoms with van der Waals surface area (Å²) < 4.78 is 12.9. The molecule has 1 N–H and O–H groups in total. The SMILES string of the molecule is CN=C(NCCCc1ccc(OC)cc1)N1CCOC(c2cnn(C)c2)C1. The van der Waals surface area contributed by atoms with Gasteiger partial charge in [-0.1, -0.05) is 12.1 Å². The number of nitrogens with one attached hydrogen (secondary N) is 1. The van der Waals surface area contributed by atoms with Crippen molar-refractivity contribution in [2.45, 2.75) is 18.9 Å². The van der Waals surface area contributed by atoms with Crippen LogP contribution in [0.2, 0.25) is 0 Å². The van der Waals surface area contributed by atoms with Gasteiger partial charge in [0.05, 0.1) is 26.5 Å². The van der Waals surface area contributed by atoms with Gasteiger partial charge in [-0.25, -0.2) is 0 Å². The summed E-state index contributed by atoms with van der Waals surface area (Å²) in [5.74, 6) is 1.83. The Morgan fingerprint density at radius 2 is 2.19 bits per heavy atom. The van der Waals surface area contributed by atoms with E-state index in [1.165, 1.54) is 5.56 Å². The number of rotatable bonds is 6. The molecule has 0 saturated carbocycles. The highest BCUT2D eigenvalue weighted by atomic mass is 16.5. The molecule has 1 aromatic carbocycles. The molecule has 0 radical (unpaired) electrons. The number of ether oxygens (including phenoxy) is 2. The Labute approximate surface area is 161 Å². The van der Waals surface area contributed by atoms with Crippen LogP contribution in [0.25, 0.3) is 0 Å². The van der Waals surface area contributed by atoms with Crippen LogP contribution in [0.3, 0.4) is 0 Å². The fourth-order valence-electron chi connectivity index (χ4n) is 3.27. The van der Waals surface area contributed by atoms with E-state index in [-0.39, 0.29) is 6.10 Å². The third kappa shape index (κ3) is 5.23. The summed E-state index contributed by atoms with van der Waals surface area (Å²) in [5, 5.41) is 7.73. The molecule has 1 aliphatic rings. The van der Waals surface area contributed by atoms with Crippen LogP contribution < -0.4 is 10.1 Å². The quantitative estimate of drug-likeness (QED) is 0.478. The lowest BCUT2D eigenvalue weighted by atomic mass is 10.1. The molecule has 0 spiro atoms. The van der Waals surface area contributed by atoms with E-state index < -0.39 is 0 Å². The number of nitrogens with zero attached hydrogens (tertiary/aromatic N) is 4. The second-order valence-corrected chi connectivity index (χ2v) is 6.68. The first kappa shape index (κ1) is 19.2. The van der Waals surface area contributed by atoms with Gasteiger partial charge in [0.25, 0.3) is 0 Å². The number of hydrogen-bond acceptors (Lipinski definition) is 4. The molecule has 1 aromatic heterocycles. The number of aliphatic imine (C=N–C) groups is 1. The Kier molecular flexibility index (Phi) is 6.70. The maximum atomic E-state index is 5.92. The van der Waals surface area contributed by atoms with Gasteiger partial charge in [-0.3, -0.25) is 9.67 Å². The van der Waals surface area contributed by atoms with Gasteiger partial charge in [-0.15, -0.1) is 0 Å². The van der Waals surface area contributed by atoms with E-state index in [4.69, 9.17) is 9.47 Å². The monoisotopic (exact) mass is 371 g/mol. The second kappa shape index (κ2) is 9.41. The molecule has 0 aliphatic carbocycles. The molecule has 1 aliphatic heterocycles. The first-order chi connectivity index (χ1) is 13.2. The fourth-order valence-corrected chi connectivity index (χ4v) is 3.27. The van der Waals surface area contributed by atoms with Crippen LogP contribution in [0.4, 0.5) is 0 Å². The van der Waals surface area contributed by atoms with E-state index in [0.717, 1.165) is 49.7 Å². The van der Waals surface area contributed by atoms with Crippen molar-refractivity contribution in [2.75, 3.05) is 40.4 Å². The highest BCUT2D eigenvalue weighted by Crippen LogP contribution is 2.21. The molecule has 27 heavy (non-hydrogen) atoms. The number of morpholine rings is 1. The first-order valence-corrected chi connectivity index (χ1v) is 9.38. The Hall–Kier alpha value is -2.54. The van der Waals surface area contributed by atoms with Crippen molar-refractivity contribution in [3.05, 3.63) is 47.8 Å². The van der Waals surface area contributed by atoms with Crippen molar-refractivity contribution in [2.24, 2.45) is 12.0 Å². The zero-order chi connectivity index (χ0) is 19.1. The van der Waals surface area contributed by atoms with Crippen LogP contribution in [0.5, 0.6) is 5.75 Å². The summed E-state index contributed by atoms with van der Waals surface area (Å²) in [7, 11) is 5.45. The summed E-state index contributed by atoms with van der Waals surface area (Å²) in [5.41, 5.74) is 2.42. The fraction of sp³-hybridized carbons (Fsp3) is 0.500. The lowest BCUT2D eigenvalue weighted by Gasteiger charge is -2.34. The normalized spacial score (nSPS) is 17.8. The number of guanidine groups is 1. The predicted octanol–water partition coefficient (Wildman–Crippen LogP) is 2.01. The van der Waals surface area contributed by atoms with Crippen molar-refractivity contribution >= 4 is 5.96 Å². The topological polar surface area (TPSA) is 63.9 Å². The summed E-state index contributed by atoms with van der Waals surface area (Å²) in [6.45, 7) is 3.19. The average molecular weight is 371 g/mol. The van der Waals surface area contributed by atoms with Gasteiger partial charge in [0.1, 0.15) is 11.9 Å². The number of benzene rings is 1. The predicted molar refractivity (Wildman–Crippen MR) is 106 cm³/mol. The Bertz CT molecular complexity index is 741. The van der Waals surface area contributed by atoms with Crippen LogP contribution >= 0.6 is 0 Å². The second-order valence-electron chi connectivity index (χ2n) is 6.68. The molecular weight excluding hydrogens is 342 g/mol. The molecule has 1 saturated heterocycles. The molecule has 2 heterocycles. The van der Waals surface area contributed by atoms with Gasteiger partial charge in [0, 0.05) is 38.9 Å². The van der Waals surface area contributed by atoms with Crippen LogP contribution in [0.15, 0.2) is 41.7 Å². The van der Waals surface area contributed by atoms with E-state index in [9.17, 15) is 0 Å². The van der Waals surface area contributed by atoms with Gasteiger partial charge >= 0.3 is 0 Å². The summed E-state index contributed by atoms with van der Waals surface area (Å²) in [6.07, 6.45) is 5.99. The maximum absolute atomic E-state index is 5.92. The highest BCUT2D eigenvalue weighted by molar-refractivity contribution is 5.80. The molecule has 1 fully saturated rings. The number of hydrogen-bond donors (Lipinski definition) is 1. The van der Waals surface area contributed by atoms with Crippen LogP contribution in [0.1, 0.15) is 23.7 Å². The minimum atomic E-state index is 0.0327. The highest BCUT2D eigenvalue weighted by Gasteiger charge is 2.24. The summed E-state index contributed by atoms with van der Waals surface area (Å²) >= 11 is 0. The minimum Gasteiger partial charge on any atom is -0.497 e. The first-order valence-electron chi connectivity index (χ1n) is 9.38. The maximum Gasteiger partial charge on any atom is 0.193 e. The van der Waals surface area contributed by atoms with Crippen LogP contribution in [-0.2, 0) is 18.2 Å². The van der Waals surface area contributed by atoms with Crippen molar-refractivity contribution in [3.8, 4) is 5.75 Å². The summed E-state index contributed by atoms with van der Waals surface area (Å²) in [6, 6.07) is 8.25. The third-order valence-electron chi connectivity index (χ3n) is 4.76. The van der Waals surface area contributed by atoms with Crippen LogP contribution in [-0.4, -0.2) is 61.0 Å². The standard InChI is InChI=1S/C20H29N5O2/c1-21-20(22-10-4-5-16-6-8-18(26-3)9-7-16)25-11-12-27-19(15-25)17-13-23-24(2)14-17/h6-9,13-14,19H,4-5,10-12,15H2,1-3H3,(H,21,22). The Morgan fingerprint density at radius 1 is 1.37 bits per heavy atom. The Morgan fingerprint density at radius 3 is 2.85 bits per heavy atom. The number of aromatic nitrogens is 2. The van der Waals surface area contributed by atoms with Gasteiger partial charge in [0.15, 0.2) is 5.96 Å². The zero-order valence-electron chi connectivity index (χ0n) is 16.4. The Balaban J connectivity index is 1.46. The molecule has 146 valence electrons. The van der Waals surface area contributed by atoms with Gasteiger partial charge in [-0.2, -0.15) is 5.10 Å². The van der Waals surface area contributed by atoms with Crippen molar-refractivity contribution in [1.82, 2.24) is 20.0 Å². The molecule has 0 amide bonds. The third-order valence-corrected chi connectivity index (χ3v) is 4.76. The lowest BCUT2D eigenvalue weighted by molar-refractivity contribution is -0.00801. The molecule has 0 bridgehead atoms. The molecule has 1 atom stereocenters. The van der Waals surface area contributed by atoms with Crippen molar-refractivity contribution in [1.29, 1.82) is 0 Å². The molecule has 3 rings (SSSR count). The molecule has 1 unspecified atom stereocenters. The number of aryl methyl sites for hydroxylation is 2. The molecular formula is C20H29N5O2. The van der Waals surface area contributed by atoms with E-state index in [1.54, 1.807) is 7.11 Å².